The Labute approximate surface area is 170 Å². The van der Waals surface area contributed by atoms with Gasteiger partial charge in [-0.05, 0) is 69.9 Å². The number of hydrogen-bond donors (Lipinski definition) is 0. The Balaban J connectivity index is 1.30. The summed E-state index contributed by atoms with van der Waals surface area (Å²) in [5.41, 5.74) is 3.07. The molecule has 2 aromatic rings. The third-order valence-corrected chi connectivity index (χ3v) is 5.58. The van der Waals surface area contributed by atoms with Crippen molar-refractivity contribution in [2.75, 3.05) is 19.8 Å². The molecule has 1 saturated carbocycles. The molecule has 0 spiro atoms. The van der Waals surface area contributed by atoms with Crippen LogP contribution in [0.25, 0.3) is 0 Å². The number of ether oxygens (including phenoxy) is 3. The molecule has 2 heterocycles. The van der Waals surface area contributed by atoms with Gasteiger partial charge in [0.1, 0.15) is 12.4 Å². The molecule has 29 heavy (non-hydrogen) atoms. The molecule has 0 N–H and O–H groups in total. The summed E-state index contributed by atoms with van der Waals surface area (Å²) in [5, 5.41) is 0. The molecule has 1 aromatic carbocycles. The van der Waals surface area contributed by atoms with Gasteiger partial charge in [0, 0.05) is 29.6 Å². The van der Waals surface area contributed by atoms with Gasteiger partial charge >= 0.3 is 5.97 Å². The Morgan fingerprint density at radius 2 is 1.90 bits per heavy atom. The number of aryl methyl sites for hydroxylation is 1. The van der Waals surface area contributed by atoms with Gasteiger partial charge in [0.15, 0.2) is 6.61 Å². The third kappa shape index (κ3) is 4.53. The van der Waals surface area contributed by atoms with Crippen molar-refractivity contribution in [2.45, 2.75) is 51.7 Å². The Kier molecular flexibility index (Phi) is 5.72. The summed E-state index contributed by atoms with van der Waals surface area (Å²) in [7, 11) is 0. The van der Waals surface area contributed by atoms with Crippen LogP contribution in [0.15, 0.2) is 30.3 Å². The summed E-state index contributed by atoms with van der Waals surface area (Å²) in [6, 6.07) is 9.17. The van der Waals surface area contributed by atoms with E-state index in [1.54, 1.807) is 24.3 Å². The van der Waals surface area contributed by atoms with Crippen LogP contribution in [0.4, 0.5) is 0 Å². The maximum atomic E-state index is 12.6. The first-order chi connectivity index (χ1) is 14.0. The fourth-order valence-corrected chi connectivity index (χ4v) is 3.90. The van der Waals surface area contributed by atoms with Gasteiger partial charge < -0.3 is 18.8 Å². The topological polar surface area (TPSA) is 66.8 Å². The van der Waals surface area contributed by atoms with Gasteiger partial charge in [-0.15, -0.1) is 0 Å². The molecule has 4 rings (SSSR count). The van der Waals surface area contributed by atoms with Crippen molar-refractivity contribution < 1.29 is 23.8 Å². The molecule has 1 aromatic heterocycles. The number of aromatic nitrogens is 1. The van der Waals surface area contributed by atoms with Crippen LogP contribution in [0.3, 0.4) is 0 Å². The first-order valence-electron chi connectivity index (χ1n) is 10.3. The first-order valence-corrected chi connectivity index (χ1v) is 10.3. The Morgan fingerprint density at radius 3 is 2.55 bits per heavy atom. The van der Waals surface area contributed by atoms with Crippen LogP contribution >= 0.6 is 0 Å². The maximum Gasteiger partial charge on any atom is 0.338 e. The van der Waals surface area contributed by atoms with E-state index in [-0.39, 0.29) is 18.5 Å². The van der Waals surface area contributed by atoms with E-state index < -0.39 is 5.97 Å². The smallest absolute Gasteiger partial charge is 0.338 e. The maximum absolute atomic E-state index is 12.6. The molecule has 0 radical (unpaired) electrons. The minimum absolute atomic E-state index is 0.146. The zero-order chi connectivity index (χ0) is 20.4. The predicted octanol–water partition coefficient (Wildman–Crippen LogP) is 4.04. The molecular weight excluding hydrogens is 370 g/mol. The predicted molar refractivity (Wildman–Crippen MR) is 108 cm³/mol. The SMILES string of the molecule is Cc1cc(C(=O)COC(=O)c2ccc(OC[C@@H]3CCCO3)cc2)c(C)n1C1CC1. The molecule has 1 atom stereocenters. The van der Waals surface area contributed by atoms with Gasteiger partial charge in [-0.3, -0.25) is 4.79 Å². The minimum Gasteiger partial charge on any atom is -0.491 e. The lowest BCUT2D eigenvalue weighted by atomic mass is 10.1. The van der Waals surface area contributed by atoms with E-state index in [4.69, 9.17) is 14.2 Å². The van der Waals surface area contributed by atoms with E-state index in [0.29, 0.717) is 29.5 Å². The van der Waals surface area contributed by atoms with Crippen LogP contribution in [0.2, 0.25) is 0 Å². The van der Waals surface area contributed by atoms with Crippen LogP contribution < -0.4 is 4.74 Å². The number of ketones is 1. The van der Waals surface area contributed by atoms with Gasteiger partial charge in [0.25, 0.3) is 0 Å². The molecule has 6 nitrogen and oxygen atoms in total. The lowest BCUT2D eigenvalue weighted by Gasteiger charge is -2.11. The summed E-state index contributed by atoms with van der Waals surface area (Å²) in [4.78, 5) is 24.8. The van der Waals surface area contributed by atoms with Gasteiger partial charge in [0.2, 0.25) is 5.78 Å². The van der Waals surface area contributed by atoms with Crippen LogP contribution in [-0.4, -0.2) is 42.2 Å². The summed E-state index contributed by atoms with van der Waals surface area (Å²) in [5.74, 6) is -0.00413. The van der Waals surface area contributed by atoms with E-state index in [2.05, 4.69) is 4.57 Å². The average Bonchev–Trinajstić information content (AvgIpc) is 3.31. The number of carbonyl (C=O) groups is 2. The number of Topliss-reactive ketones (excluding diaryl/α,β-unsaturated/α-hetero) is 1. The number of benzene rings is 1. The van der Waals surface area contributed by atoms with E-state index >= 15 is 0 Å². The highest BCUT2D eigenvalue weighted by atomic mass is 16.5. The minimum atomic E-state index is -0.514. The monoisotopic (exact) mass is 397 g/mol. The number of carbonyl (C=O) groups excluding carboxylic acids is 2. The summed E-state index contributed by atoms with van der Waals surface area (Å²) in [6.07, 6.45) is 4.55. The molecule has 2 aliphatic rings. The van der Waals surface area contributed by atoms with Gasteiger partial charge in [-0.25, -0.2) is 4.79 Å². The van der Waals surface area contributed by atoms with Crippen LogP contribution in [-0.2, 0) is 9.47 Å². The fourth-order valence-electron chi connectivity index (χ4n) is 3.90. The van der Waals surface area contributed by atoms with E-state index in [9.17, 15) is 9.59 Å². The highest BCUT2D eigenvalue weighted by Crippen LogP contribution is 2.38. The standard InChI is InChI=1S/C23H27NO5/c1-15-12-21(16(2)24(15)18-7-8-18)22(25)14-29-23(26)17-5-9-19(10-6-17)28-13-20-4-3-11-27-20/h5-6,9-10,12,18,20H,3-4,7-8,11,13-14H2,1-2H3/t20-/m0/s1. The molecule has 0 bridgehead atoms. The van der Waals surface area contributed by atoms with Gasteiger partial charge in [-0.2, -0.15) is 0 Å². The number of rotatable bonds is 8. The molecule has 6 heteroatoms. The molecule has 0 unspecified atom stereocenters. The highest BCUT2D eigenvalue weighted by molar-refractivity contribution is 6.00. The number of esters is 1. The molecule has 154 valence electrons. The quantitative estimate of drug-likeness (QED) is 0.497. The normalized spacial score (nSPS) is 18.6. The van der Waals surface area contributed by atoms with E-state index in [1.807, 2.05) is 19.9 Å². The molecule has 1 saturated heterocycles. The van der Waals surface area contributed by atoms with Crippen molar-refractivity contribution in [1.29, 1.82) is 0 Å². The molecule has 2 fully saturated rings. The van der Waals surface area contributed by atoms with Crippen LogP contribution in [0.1, 0.15) is 63.8 Å². The van der Waals surface area contributed by atoms with Crippen molar-refractivity contribution >= 4 is 11.8 Å². The lowest BCUT2D eigenvalue weighted by molar-refractivity contribution is 0.0474. The van der Waals surface area contributed by atoms with Crippen LogP contribution in [0.5, 0.6) is 5.75 Å². The zero-order valence-electron chi connectivity index (χ0n) is 17.0. The summed E-state index contributed by atoms with van der Waals surface area (Å²) < 4.78 is 18.7. The van der Waals surface area contributed by atoms with Gasteiger partial charge in [-0.1, -0.05) is 0 Å². The van der Waals surface area contributed by atoms with Crippen molar-refractivity contribution in [3.05, 3.63) is 52.8 Å². The second kappa shape index (κ2) is 8.41. The van der Waals surface area contributed by atoms with Crippen molar-refractivity contribution in [3.8, 4) is 5.75 Å². The number of nitrogens with zero attached hydrogens (tertiary/aromatic N) is 1. The second-order valence-corrected chi connectivity index (χ2v) is 7.86. The molecule has 0 amide bonds. The van der Waals surface area contributed by atoms with Crippen molar-refractivity contribution in [2.24, 2.45) is 0 Å². The highest BCUT2D eigenvalue weighted by Gasteiger charge is 2.28. The third-order valence-electron chi connectivity index (χ3n) is 5.58. The van der Waals surface area contributed by atoms with E-state index in [1.165, 1.54) is 0 Å². The Bertz CT molecular complexity index is 889. The molecule has 1 aliphatic carbocycles. The molecular formula is C23H27NO5. The summed E-state index contributed by atoms with van der Waals surface area (Å²) in [6.45, 7) is 5.01. The second-order valence-electron chi connectivity index (χ2n) is 7.86. The van der Waals surface area contributed by atoms with Crippen molar-refractivity contribution in [3.63, 3.8) is 0 Å². The largest absolute Gasteiger partial charge is 0.491 e. The lowest BCUT2D eigenvalue weighted by Crippen LogP contribution is -2.16. The zero-order valence-corrected chi connectivity index (χ0v) is 17.0. The summed E-state index contributed by atoms with van der Waals surface area (Å²) >= 11 is 0. The van der Waals surface area contributed by atoms with Gasteiger partial charge in [0.05, 0.1) is 11.7 Å². The van der Waals surface area contributed by atoms with Crippen LogP contribution in [0, 0.1) is 13.8 Å². The average molecular weight is 397 g/mol. The van der Waals surface area contributed by atoms with E-state index in [0.717, 1.165) is 43.7 Å². The molecule has 1 aliphatic heterocycles. The fraction of sp³-hybridized carbons (Fsp3) is 0.478. The van der Waals surface area contributed by atoms with Crippen molar-refractivity contribution in [1.82, 2.24) is 4.57 Å². The first kappa shape index (κ1) is 19.7. The Morgan fingerprint density at radius 1 is 1.14 bits per heavy atom. The Hall–Kier alpha value is -2.60. The number of hydrogen-bond acceptors (Lipinski definition) is 5.